The van der Waals surface area contributed by atoms with Gasteiger partial charge in [-0.3, -0.25) is 0 Å². The lowest BCUT2D eigenvalue weighted by Gasteiger charge is -2.02. The highest BCUT2D eigenvalue weighted by Crippen LogP contribution is 2.36. The quantitative estimate of drug-likeness (QED) is 0.685. The van der Waals surface area contributed by atoms with Crippen molar-refractivity contribution in [2.75, 3.05) is 0 Å². The van der Waals surface area contributed by atoms with Crippen LogP contribution in [0.5, 0.6) is 0 Å². The Labute approximate surface area is 79.7 Å². The molecule has 0 radical (unpaired) electrons. The van der Waals surface area contributed by atoms with Crippen LogP contribution < -0.4 is 0 Å². The first-order chi connectivity index (χ1) is 6.40. The lowest BCUT2D eigenvalue weighted by molar-refractivity contribution is 0.0949. The highest BCUT2D eigenvalue weighted by molar-refractivity contribution is 5.13. The minimum absolute atomic E-state index is 0.546. The van der Waals surface area contributed by atoms with Gasteiger partial charge in [0.05, 0.1) is 12.7 Å². The molecule has 1 heteroatoms. The van der Waals surface area contributed by atoms with E-state index in [-0.39, 0.29) is 0 Å². The number of hydrogen-bond donors (Lipinski definition) is 0. The third kappa shape index (κ3) is 2.31. The maximum atomic E-state index is 5.74. The van der Waals surface area contributed by atoms with Gasteiger partial charge < -0.3 is 4.74 Å². The smallest absolute Gasteiger partial charge is 0.0720 e. The summed E-state index contributed by atoms with van der Waals surface area (Å²) < 4.78 is 5.74. The predicted molar refractivity (Wildman–Crippen MR) is 53.4 cm³/mol. The first-order valence-corrected chi connectivity index (χ1v) is 5.05. The van der Waals surface area contributed by atoms with Gasteiger partial charge in [-0.25, -0.2) is 0 Å². The molecule has 0 aromatic heterocycles. The van der Waals surface area contributed by atoms with Crippen LogP contribution in [0.3, 0.4) is 0 Å². The van der Waals surface area contributed by atoms with Crippen molar-refractivity contribution >= 4 is 0 Å². The van der Waals surface area contributed by atoms with E-state index in [1.54, 1.807) is 0 Å². The molecule has 1 aliphatic carbocycles. The standard InChI is InChI=1S/C12H16O/c1-2-11-8-12(11)13-9-10-6-4-3-5-7-10/h3-7,11-12H,2,8-9H2,1H3. The summed E-state index contributed by atoms with van der Waals surface area (Å²) in [5.41, 5.74) is 1.28. The molecule has 0 bridgehead atoms. The van der Waals surface area contributed by atoms with Crippen molar-refractivity contribution in [2.45, 2.75) is 32.5 Å². The number of hydrogen-bond acceptors (Lipinski definition) is 1. The third-order valence-electron chi connectivity index (χ3n) is 2.69. The summed E-state index contributed by atoms with van der Waals surface area (Å²) >= 11 is 0. The van der Waals surface area contributed by atoms with Crippen molar-refractivity contribution in [2.24, 2.45) is 5.92 Å². The second kappa shape index (κ2) is 3.93. The van der Waals surface area contributed by atoms with E-state index in [4.69, 9.17) is 4.74 Å². The van der Waals surface area contributed by atoms with Crippen LogP contribution in [0.1, 0.15) is 25.3 Å². The summed E-state index contributed by atoms with van der Waals surface area (Å²) in [6.07, 6.45) is 3.08. The molecule has 1 fully saturated rings. The second-order valence-electron chi connectivity index (χ2n) is 3.74. The molecule has 2 atom stereocenters. The topological polar surface area (TPSA) is 9.23 Å². The van der Waals surface area contributed by atoms with E-state index < -0.39 is 0 Å². The maximum absolute atomic E-state index is 5.74. The molecular weight excluding hydrogens is 160 g/mol. The number of ether oxygens (including phenoxy) is 1. The molecule has 1 aromatic rings. The lowest BCUT2D eigenvalue weighted by atomic mass is 10.2. The SMILES string of the molecule is CCC1CC1OCc1ccccc1. The van der Waals surface area contributed by atoms with Crippen molar-refractivity contribution < 1.29 is 4.74 Å². The van der Waals surface area contributed by atoms with E-state index in [1.165, 1.54) is 18.4 Å². The molecule has 70 valence electrons. The Morgan fingerprint density at radius 3 is 2.69 bits per heavy atom. The van der Waals surface area contributed by atoms with Gasteiger partial charge in [0.1, 0.15) is 0 Å². The Kier molecular flexibility index (Phi) is 2.65. The van der Waals surface area contributed by atoms with Crippen LogP contribution in [0.25, 0.3) is 0 Å². The van der Waals surface area contributed by atoms with E-state index in [2.05, 4.69) is 31.2 Å². The molecule has 2 unspecified atom stereocenters. The Balaban J connectivity index is 1.75. The molecule has 0 saturated heterocycles. The van der Waals surface area contributed by atoms with Gasteiger partial charge in [0.15, 0.2) is 0 Å². The molecule has 1 aliphatic rings. The average molecular weight is 176 g/mol. The summed E-state index contributed by atoms with van der Waals surface area (Å²) in [7, 11) is 0. The van der Waals surface area contributed by atoms with Crippen LogP contribution in [0, 0.1) is 5.92 Å². The van der Waals surface area contributed by atoms with Crippen molar-refractivity contribution in [1.29, 1.82) is 0 Å². The molecule has 0 aliphatic heterocycles. The molecule has 0 amide bonds. The second-order valence-corrected chi connectivity index (χ2v) is 3.74. The van der Waals surface area contributed by atoms with E-state index in [0.29, 0.717) is 6.10 Å². The van der Waals surface area contributed by atoms with Crippen molar-refractivity contribution in [3.63, 3.8) is 0 Å². The van der Waals surface area contributed by atoms with Crippen molar-refractivity contribution in [3.05, 3.63) is 35.9 Å². The molecule has 2 rings (SSSR count). The van der Waals surface area contributed by atoms with Gasteiger partial charge >= 0.3 is 0 Å². The zero-order valence-corrected chi connectivity index (χ0v) is 8.07. The first kappa shape index (κ1) is 8.76. The van der Waals surface area contributed by atoms with E-state index in [0.717, 1.165) is 12.5 Å². The highest BCUT2D eigenvalue weighted by atomic mass is 16.5. The van der Waals surface area contributed by atoms with Crippen LogP contribution >= 0.6 is 0 Å². The molecule has 1 nitrogen and oxygen atoms in total. The lowest BCUT2D eigenvalue weighted by Crippen LogP contribution is -1.97. The Hall–Kier alpha value is -0.820. The number of benzene rings is 1. The molecule has 13 heavy (non-hydrogen) atoms. The summed E-state index contributed by atoms with van der Waals surface area (Å²) in [6.45, 7) is 3.01. The zero-order chi connectivity index (χ0) is 9.10. The summed E-state index contributed by atoms with van der Waals surface area (Å²) in [4.78, 5) is 0. The van der Waals surface area contributed by atoms with Crippen LogP contribution in [-0.4, -0.2) is 6.10 Å². The Bertz CT molecular complexity index is 255. The van der Waals surface area contributed by atoms with Gasteiger partial charge in [-0.1, -0.05) is 43.7 Å². The third-order valence-corrected chi connectivity index (χ3v) is 2.69. The van der Waals surface area contributed by atoms with E-state index in [9.17, 15) is 0 Å². The van der Waals surface area contributed by atoms with Crippen molar-refractivity contribution in [1.82, 2.24) is 0 Å². The fourth-order valence-electron chi connectivity index (χ4n) is 1.63. The summed E-state index contributed by atoms with van der Waals surface area (Å²) in [5.74, 6) is 0.837. The molecule has 1 aromatic carbocycles. The number of rotatable bonds is 4. The fraction of sp³-hybridized carbons (Fsp3) is 0.500. The molecule has 0 N–H and O–H groups in total. The minimum atomic E-state index is 0.546. The van der Waals surface area contributed by atoms with Crippen LogP contribution in [0.2, 0.25) is 0 Å². The predicted octanol–water partition coefficient (Wildman–Crippen LogP) is 3.00. The van der Waals surface area contributed by atoms with Crippen LogP contribution in [0.15, 0.2) is 30.3 Å². The molecule has 1 saturated carbocycles. The van der Waals surface area contributed by atoms with Gasteiger partial charge in [-0.15, -0.1) is 0 Å². The monoisotopic (exact) mass is 176 g/mol. The van der Waals surface area contributed by atoms with E-state index in [1.807, 2.05) is 6.07 Å². The first-order valence-electron chi connectivity index (χ1n) is 5.05. The maximum Gasteiger partial charge on any atom is 0.0720 e. The summed E-state index contributed by atoms with van der Waals surface area (Å²) in [6, 6.07) is 10.4. The highest BCUT2D eigenvalue weighted by Gasteiger charge is 2.36. The van der Waals surface area contributed by atoms with Gasteiger partial charge in [0, 0.05) is 0 Å². The van der Waals surface area contributed by atoms with Crippen molar-refractivity contribution in [3.8, 4) is 0 Å². The Morgan fingerprint density at radius 2 is 2.08 bits per heavy atom. The van der Waals surface area contributed by atoms with E-state index >= 15 is 0 Å². The van der Waals surface area contributed by atoms with Crippen LogP contribution in [-0.2, 0) is 11.3 Å². The van der Waals surface area contributed by atoms with Gasteiger partial charge in [-0.2, -0.15) is 0 Å². The molecular formula is C12H16O. The Morgan fingerprint density at radius 1 is 1.31 bits per heavy atom. The molecule has 0 spiro atoms. The van der Waals surface area contributed by atoms with Crippen LogP contribution in [0.4, 0.5) is 0 Å². The van der Waals surface area contributed by atoms with Gasteiger partial charge in [0.25, 0.3) is 0 Å². The largest absolute Gasteiger partial charge is 0.373 e. The minimum Gasteiger partial charge on any atom is -0.373 e. The zero-order valence-electron chi connectivity index (χ0n) is 8.07. The molecule has 0 heterocycles. The van der Waals surface area contributed by atoms with Gasteiger partial charge in [0.2, 0.25) is 0 Å². The normalized spacial score (nSPS) is 25.9. The fourth-order valence-corrected chi connectivity index (χ4v) is 1.63. The average Bonchev–Trinajstić information content (AvgIpc) is 2.95. The summed E-state index contributed by atoms with van der Waals surface area (Å²) in [5, 5.41) is 0. The van der Waals surface area contributed by atoms with Gasteiger partial charge in [-0.05, 0) is 17.9 Å².